The Morgan fingerprint density at radius 3 is 2.48 bits per heavy atom. The summed E-state index contributed by atoms with van der Waals surface area (Å²) in [5.41, 5.74) is 0.892. The minimum Gasteiger partial charge on any atom is -0.481 e. The van der Waals surface area contributed by atoms with Gasteiger partial charge in [-0.25, -0.2) is 4.98 Å². The van der Waals surface area contributed by atoms with Gasteiger partial charge in [-0.15, -0.1) is 11.3 Å². The second-order valence-electron chi connectivity index (χ2n) is 8.16. The van der Waals surface area contributed by atoms with Gasteiger partial charge in [0.25, 0.3) is 0 Å². The topological polar surface area (TPSA) is 111 Å². The van der Waals surface area contributed by atoms with Crippen molar-refractivity contribution in [1.82, 2.24) is 4.98 Å². The van der Waals surface area contributed by atoms with Crippen molar-refractivity contribution in [1.29, 1.82) is 0 Å². The summed E-state index contributed by atoms with van der Waals surface area (Å²) >= 11 is 1.50. The molecule has 0 radical (unpaired) electrons. The SMILES string of the molecule is O=C(O)CCCCCCC1[C@@H](CCC(O)c2nc3ccccc3s2)[C@H](O)C[C@@H]1O. The number of fused-ring (bicyclic) bond motifs is 1. The molecule has 6 nitrogen and oxygen atoms in total. The maximum atomic E-state index is 10.6. The highest BCUT2D eigenvalue weighted by Crippen LogP contribution is 2.40. The lowest BCUT2D eigenvalue weighted by atomic mass is 9.85. The van der Waals surface area contributed by atoms with E-state index in [1.807, 2.05) is 24.3 Å². The van der Waals surface area contributed by atoms with Crippen LogP contribution in [-0.4, -0.2) is 43.6 Å². The molecule has 0 spiro atoms. The molecule has 1 fully saturated rings. The molecule has 1 aliphatic carbocycles. The smallest absolute Gasteiger partial charge is 0.303 e. The maximum absolute atomic E-state index is 10.6. The summed E-state index contributed by atoms with van der Waals surface area (Å²) in [6.07, 6.45) is 4.31. The van der Waals surface area contributed by atoms with Crippen molar-refractivity contribution >= 4 is 27.5 Å². The minimum absolute atomic E-state index is 0.0203. The molecule has 1 saturated carbocycles. The van der Waals surface area contributed by atoms with E-state index in [1.165, 1.54) is 11.3 Å². The van der Waals surface area contributed by atoms with Crippen LogP contribution in [0.15, 0.2) is 24.3 Å². The van der Waals surface area contributed by atoms with Crippen LogP contribution in [0, 0.1) is 11.8 Å². The van der Waals surface area contributed by atoms with Gasteiger partial charge in [-0.2, -0.15) is 0 Å². The number of unbranched alkanes of at least 4 members (excludes halogenated alkanes) is 3. The third kappa shape index (κ3) is 5.98. The summed E-state index contributed by atoms with van der Waals surface area (Å²) < 4.78 is 1.05. The molecule has 1 heterocycles. The van der Waals surface area contributed by atoms with Crippen LogP contribution in [0.25, 0.3) is 10.2 Å². The molecule has 29 heavy (non-hydrogen) atoms. The number of nitrogens with zero attached hydrogens (tertiary/aromatic N) is 1. The molecular weight excluding hydrogens is 390 g/mol. The quantitative estimate of drug-likeness (QED) is 0.410. The first-order valence-corrected chi connectivity index (χ1v) is 11.4. The maximum Gasteiger partial charge on any atom is 0.303 e. The molecule has 2 aromatic rings. The zero-order valence-electron chi connectivity index (χ0n) is 16.6. The van der Waals surface area contributed by atoms with E-state index < -0.39 is 24.3 Å². The van der Waals surface area contributed by atoms with Crippen molar-refractivity contribution in [2.24, 2.45) is 11.8 Å². The Labute approximate surface area is 175 Å². The van der Waals surface area contributed by atoms with Crippen molar-refractivity contribution < 1.29 is 25.2 Å². The van der Waals surface area contributed by atoms with Gasteiger partial charge in [0, 0.05) is 6.42 Å². The molecule has 4 N–H and O–H groups in total. The molecule has 0 saturated heterocycles. The fourth-order valence-electron chi connectivity index (χ4n) is 4.50. The molecule has 5 atom stereocenters. The van der Waals surface area contributed by atoms with Gasteiger partial charge in [0.15, 0.2) is 0 Å². The number of para-hydroxylation sites is 1. The van der Waals surface area contributed by atoms with E-state index in [9.17, 15) is 20.1 Å². The first kappa shape index (κ1) is 22.2. The number of aliphatic hydroxyl groups excluding tert-OH is 3. The predicted molar refractivity (Wildman–Crippen MR) is 113 cm³/mol. The number of carboxylic acid groups (broad SMARTS) is 1. The summed E-state index contributed by atoms with van der Waals surface area (Å²) in [6.45, 7) is 0. The lowest BCUT2D eigenvalue weighted by Gasteiger charge is -2.24. The van der Waals surface area contributed by atoms with Crippen LogP contribution in [0.2, 0.25) is 0 Å². The van der Waals surface area contributed by atoms with Crippen LogP contribution < -0.4 is 0 Å². The summed E-state index contributed by atoms with van der Waals surface area (Å²) in [5, 5.41) is 40.8. The van der Waals surface area contributed by atoms with Gasteiger partial charge in [0.05, 0.1) is 22.4 Å². The van der Waals surface area contributed by atoms with Crippen LogP contribution >= 0.6 is 11.3 Å². The van der Waals surface area contributed by atoms with E-state index in [2.05, 4.69) is 4.98 Å². The molecule has 160 valence electrons. The second-order valence-corrected chi connectivity index (χ2v) is 9.22. The fraction of sp³-hybridized carbons (Fsp3) is 0.636. The van der Waals surface area contributed by atoms with Crippen molar-refractivity contribution in [3.05, 3.63) is 29.3 Å². The lowest BCUT2D eigenvalue weighted by Crippen LogP contribution is -2.23. The van der Waals surface area contributed by atoms with Gasteiger partial charge in [0.2, 0.25) is 0 Å². The monoisotopic (exact) mass is 421 g/mol. The number of aliphatic hydroxyl groups is 3. The van der Waals surface area contributed by atoms with Crippen LogP contribution in [0.5, 0.6) is 0 Å². The molecule has 0 aliphatic heterocycles. The van der Waals surface area contributed by atoms with Crippen molar-refractivity contribution in [2.75, 3.05) is 0 Å². The molecule has 1 aromatic carbocycles. The number of hydrogen-bond acceptors (Lipinski definition) is 6. The van der Waals surface area contributed by atoms with Crippen molar-refractivity contribution in [3.8, 4) is 0 Å². The van der Waals surface area contributed by atoms with Gasteiger partial charge in [-0.1, -0.05) is 31.4 Å². The van der Waals surface area contributed by atoms with Crippen molar-refractivity contribution in [3.63, 3.8) is 0 Å². The van der Waals surface area contributed by atoms with E-state index >= 15 is 0 Å². The van der Waals surface area contributed by atoms with E-state index in [4.69, 9.17) is 5.11 Å². The highest BCUT2D eigenvalue weighted by Gasteiger charge is 2.41. The molecule has 0 bridgehead atoms. The Bertz CT molecular complexity index is 761. The number of rotatable bonds is 11. The van der Waals surface area contributed by atoms with Crippen LogP contribution in [0.3, 0.4) is 0 Å². The van der Waals surface area contributed by atoms with Crippen LogP contribution in [0.1, 0.15) is 68.9 Å². The molecular formula is C22H31NO5S. The van der Waals surface area contributed by atoms with Gasteiger partial charge in [0.1, 0.15) is 11.1 Å². The standard InChI is InChI=1S/C22H31NO5S/c24-17(22-23-16-8-5-6-9-20(16)29-22)12-11-15-14(18(25)13-19(15)26)7-3-1-2-4-10-21(27)28/h5-6,8-9,14-15,17-19,24-26H,1-4,7,10-13H2,(H,27,28)/t14?,15-,17?,18+,19-/m1/s1. The third-order valence-corrected chi connectivity index (χ3v) is 7.21. The predicted octanol–water partition coefficient (Wildman–Crippen LogP) is 3.89. The zero-order valence-corrected chi connectivity index (χ0v) is 17.4. The summed E-state index contributed by atoms with van der Waals surface area (Å²) in [5.74, 6) is -0.744. The first-order chi connectivity index (χ1) is 14.0. The molecule has 1 aliphatic rings. The third-order valence-electron chi connectivity index (χ3n) is 6.07. The van der Waals surface area contributed by atoms with E-state index in [1.54, 1.807) is 0 Å². The average Bonchev–Trinajstić information content (AvgIpc) is 3.23. The number of benzene rings is 1. The second kappa shape index (κ2) is 10.5. The zero-order chi connectivity index (χ0) is 20.8. The van der Waals surface area contributed by atoms with E-state index in [-0.39, 0.29) is 18.3 Å². The van der Waals surface area contributed by atoms with E-state index in [0.29, 0.717) is 30.7 Å². The Balaban J connectivity index is 1.48. The Kier molecular flexibility index (Phi) is 8.00. The summed E-state index contributed by atoms with van der Waals surface area (Å²) in [7, 11) is 0. The minimum atomic E-state index is -0.758. The largest absolute Gasteiger partial charge is 0.481 e. The number of thiazole rings is 1. The fourth-order valence-corrected chi connectivity index (χ4v) is 5.48. The number of aromatic nitrogens is 1. The van der Waals surface area contributed by atoms with Gasteiger partial charge >= 0.3 is 5.97 Å². The van der Waals surface area contributed by atoms with Gasteiger partial charge in [-0.3, -0.25) is 4.79 Å². The summed E-state index contributed by atoms with van der Waals surface area (Å²) in [4.78, 5) is 15.1. The molecule has 1 aromatic heterocycles. The highest BCUT2D eigenvalue weighted by molar-refractivity contribution is 7.18. The first-order valence-electron chi connectivity index (χ1n) is 10.6. The highest BCUT2D eigenvalue weighted by atomic mass is 32.1. The van der Waals surface area contributed by atoms with Crippen molar-refractivity contribution in [2.45, 2.75) is 76.1 Å². The van der Waals surface area contributed by atoms with Crippen LogP contribution in [0.4, 0.5) is 0 Å². The van der Waals surface area contributed by atoms with Gasteiger partial charge < -0.3 is 20.4 Å². The molecule has 7 heteroatoms. The normalized spacial score (nSPS) is 25.5. The number of carboxylic acids is 1. The number of aliphatic carboxylic acids is 1. The van der Waals surface area contributed by atoms with Gasteiger partial charge in [-0.05, 0) is 56.1 Å². The summed E-state index contributed by atoms with van der Waals surface area (Å²) in [6, 6.07) is 7.82. The molecule has 0 amide bonds. The van der Waals surface area contributed by atoms with Crippen LogP contribution in [-0.2, 0) is 4.79 Å². The Morgan fingerprint density at radius 1 is 1.07 bits per heavy atom. The van der Waals surface area contributed by atoms with E-state index in [0.717, 1.165) is 35.9 Å². The molecule has 2 unspecified atom stereocenters. The average molecular weight is 422 g/mol. The number of carbonyl (C=O) groups is 1. The Hall–Kier alpha value is -1.54. The lowest BCUT2D eigenvalue weighted by molar-refractivity contribution is -0.137. The number of hydrogen-bond donors (Lipinski definition) is 4. The molecule has 3 rings (SSSR count). The Morgan fingerprint density at radius 2 is 1.76 bits per heavy atom.